The number of nitrogens with two attached hydrogens (primary N) is 1. The van der Waals surface area contributed by atoms with E-state index in [0.717, 1.165) is 12.1 Å². The molecule has 0 saturated carbocycles. The number of rotatable bonds is 2. The van der Waals surface area contributed by atoms with Gasteiger partial charge in [-0.1, -0.05) is 31.2 Å². The molecule has 4 heteroatoms. The smallest absolute Gasteiger partial charge is 0.317 e. The highest BCUT2D eigenvalue weighted by atomic mass is 16.2. The Kier molecular flexibility index (Phi) is 3.07. The van der Waals surface area contributed by atoms with Crippen LogP contribution in [-0.4, -0.2) is 31.1 Å². The van der Waals surface area contributed by atoms with Crippen LogP contribution in [0.3, 0.4) is 0 Å². The second-order valence-electron chi connectivity index (χ2n) is 4.98. The molecule has 1 fully saturated rings. The quantitative estimate of drug-likeness (QED) is 0.802. The molecule has 1 aromatic rings. The van der Waals surface area contributed by atoms with Gasteiger partial charge in [0, 0.05) is 32.1 Å². The summed E-state index contributed by atoms with van der Waals surface area (Å²) in [6.07, 6.45) is 0. The molecule has 1 unspecified atom stereocenters. The van der Waals surface area contributed by atoms with E-state index in [1.165, 1.54) is 5.56 Å². The number of likely N-dealkylation sites (N-methyl/N-ethyl adjacent to an activating group) is 1. The Morgan fingerprint density at radius 1 is 1.41 bits per heavy atom. The summed E-state index contributed by atoms with van der Waals surface area (Å²) >= 11 is 0. The molecule has 1 aromatic carbocycles. The number of benzene rings is 1. The molecule has 0 aliphatic carbocycles. The maximum atomic E-state index is 11.4. The maximum absolute atomic E-state index is 11.4. The van der Waals surface area contributed by atoms with Crippen LogP contribution >= 0.6 is 0 Å². The highest BCUT2D eigenvalue weighted by Crippen LogP contribution is 2.26. The molecule has 1 aliphatic rings. The minimum atomic E-state index is -0.0320. The predicted molar refractivity (Wildman–Crippen MR) is 67.7 cm³/mol. The van der Waals surface area contributed by atoms with Crippen molar-refractivity contribution < 1.29 is 4.79 Å². The fourth-order valence-corrected chi connectivity index (χ4v) is 2.29. The van der Waals surface area contributed by atoms with Crippen molar-refractivity contribution in [1.29, 1.82) is 0 Å². The number of nitrogens with one attached hydrogen (secondary N) is 1. The molecule has 1 aliphatic heterocycles. The van der Waals surface area contributed by atoms with Gasteiger partial charge in [0.15, 0.2) is 0 Å². The fraction of sp³-hybridized carbons (Fsp3) is 0.462. The summed E-state index contributed by atoms with van der Waals surface area (Å²) in [6, 6.07) is 8.32. The lowest BCUT2D eigenvalue weighted by Crippen LogP contribution is -2.56. The molecule has 2 rings (SSSR count). The molecule has 2 amide bonds. The van der Waals surface area contributed by atoms with Crippen molar-refractivity contribution in [2.24, 2.45) is 5.73 Å². The van der Waals surface area contributed by atoms with E-state index in [1.54, 1.807) is 4.90 Å². The zero-order valence-corrected chi connectivity index (χ0v) is 10.4. The molecule has 3 N–H and O–H groups in total. The van der Waals surface area contributed by atoms with Crippen LogP contribution < -0.4 is 11.1 Å². The molecule has 4 nitrogen and oxygen atoms in total. The van der Waals surface area contributed by atoms with Crippen LogP contribution in [0.15, 0.2) is 24.3 Å². The van der Waals surface area contributed by atoms with Gasteiger partial charge in [-0.05, 0) is 11.1 Å². The Balaban J connectivity index is 2.22. The Morgan fingerprint density at radius 2 is 2.06 bits per heavy atom. The van der Waals surface area contributed by atoms with Crippen molar-refractivity contribution in [2.45, 2.75) is 18.9 Å². The van der Waals surface area contributed by atoms with Crippen molar-refractivity contribution in [1.82, 2.24) is 10.2 Å². The van der Waals surface area contributed by atoms with Gasteiger partial charge >= 0.3 is 6.03 Å². The van der Waals surface area contributed by atoms with Gasteiger partial charge in [0.05, 0.1) is 0 Å². The average Bonchev–Trinajstić information content (AvgIpc) is 2.34. The number of carbonyl (C=O) groups excluding carboxylic acids is 1. The third-order valence-electron chi connectivity index (χ3n) is 3.45. The zero-order chi connectivity index (χ0) is 12.5. The topological polar surface area (TPSA) is 58.4 Å². The van der Waals surface area contributed by atoms with Gasteiger partial charge in [0.1, 0.15) is 0 Å². The molecule has 0 spiro atoms. The SMILES string of the molecule is CN1CC(C)(c2ccc(CN)cc2)CNC1=O. The third-order valence-corrected chi connectivity index (χ3v) is 3.45. The van der Waals surface area contributed by atoms with E-state index < -0.39 is 0 Å². The van der Waals surface area contributed by atoms with E-state index in [2.05, 4.69) is 36.5 Å². The second-order valence-corrected chi connectivity index (χ2v) is 4.98. The Hall–Kier alpha value is -1.55. The minimum Gasteiger partial charge on any atom is -0.337 e. The van der Waals surface area contributed by atoms with Gasteiger partial charge in [-0.15, -0.1) is 0 Å². The summed E-state index contributed by atoms with van der Waals surface area (Å²) < 4.78 is 0. The summed E-state index contributed by atoms with van der Waals surface area (Å²) in [6.45, 7) is 4.15. The van der Waals surface area contributed by atoms with Gasteiger partial charge in [-0.3, -0.25) is 0 Å². The first kappa shape index (κ1) is 11.9. The summed E-state index contributed by atoms with van der Waals surface area (Å²) in [4.78, 5) is 13.1. The maximum Gasteiger partial charge on any atom is 0.317 e. The molecular weight excluding hydrogens is 214 g/mol. The van der Waals surface area contributed by atoms with E-state index in [-0.39, 0.29) is 11.4 Å². The fourth-order valence-electron chi connectivity index (χ4n) is 2.29. The molecular formula is C13H19N3O. The molecule has 0 radical (unpaired) electrons. The van der Waals surface area contributed by atoms with E-state index in [1.807, 2.05) is 7.05 Å². The number of amides is 2. The first-order chi connectivity index (χ1) is 8.05. The van der Waals surface area contributed by atoms with Gasteiger partial charge in [0.2, 0.25) is 0 Å². The van der Waals surface area contributed by atoms with Gasteiger partial charge < -0.3 is 16.0 Å². The van der Waals surface area contributed by atoms with E-state index in [0.29, 0.717) is 13.1 Å². The molecule has 0 bridgehead atoms. The van der Waals surface area contributed by atoms with E-state index in [4.69, 9.17) is 5.73 Å². The predicted octanol–water partition coefficient (Wildman–Crippen LogP) is 1.06. The average molecular weight is 233 g/mol. The Bertz CT molecular complexity index is 415. The number of carbonyl (C=O) groups is 1. The number of urea groups is 1. The lowest BCUT2D eigenvalue weighted by atomic mass is 9.80. The third kappa shape index (κ3) is 2.26. The standard InChI is InChI=1S/C13H19N3O/c1-13(8-15-12(17)16(2)9-13)11-5-3-10(7-14)4-6-11/h3-6H,7-9,14H2,1-2H3,(H,15,17). The van der Waals surface area contributed by atoms with Crippen molar-refractivity contribution in [3.8, 4) is 0 Å². The lowest BCUT2D eigenvalue weighted by molar-refractivity contribution is 0.174. The highest BCUT2D eigenvalue weighted by molar-refractivity contribution is 5.75. The summed E-state index contributed by atoms with van der Waals surface area (Å²) in [7, 11) is 1.82. The number of hydrogen-bond donors (Lipinski definition) is 2. The van der Waals surface area contributed by atoms with Crippen LogP contribution in [0.2, 0.25) is 0 Å². The Labute approximate surface area is 102 Å². The number of nitrogens with zero attached hydrogens (tertiary/aromatic N) is 1. The first-order valence-electron chi connectivity index (χ1n) is 5.84. The van der Waals surface area contributed by atoms with Crippen molar-refractivity contribution >= 4 is 6.03 Å². The minimum absolute atomic E-state index is 0.000975. The van der Waals surface area contributed by atoms with Crippen LogP contribution in [0.25, 0.3) is 0 Å². The molecule has 1 saturated heterocycles. The lowest BCUT2D eigenvalue weighted by Gasteiger charge is -2.39. The normalized spacial score (nSPS) is 24.6. The van der Waals surface area contributed by atoms with Crippen LogP contribution in [0, 0.1) is 0 Å². The van der Waals surface area contributed by atoms with Crippen molar-refractivity contribution in [2.75, 3.05) is 20.1 Å². The summed E-state index contributed by atoms with van der Waals surface area (Å²) in [5, 5.41) is 2.91. The van der Waals surface area contributed by atoms with E-state index in [9.17, 15) is 4.79 Å². The van der Waals surface area contributed by atoms with E-state index >= 15 is 0 Å². The van der Waals surface area contributed by atoms with Gasteiger partial charge in [0.25, 0.3) is 0 Å². The first-order valence-corrected chi connectivity index (χ1v) is 5.84. The second kappa shape index (κ2) is 4.37. The van der Waals surface area contributed by atoms with Gasteiger partial charge in [-0.2, -0.15) is 0 Å². The highest BCUT2D eigenvalue weighted by Gasteiger charge is 2.34. The molecule has 92 valence electrons. The molecule has 0 aromatic heterocycles. The van der Waals surface area contributed by atoms with Crippen molar-refractivity contribution in [3.63, 3.8) is 0 Å². The van der Waals surface area contributed by atoms with Crippen molar-refractivity contribution in [3.05, 3.63) is 35.4 Å². The monoisotopic (exact) mass is 233 g/mol. The van der Waals surface area contributed by atoms with Crippen LogP contribution in [0.5, 0.6) is 0 Å². The van der Waals surface area contributed by atoms with Crippen LogP contribution in [0.1, 0.15) is 18.1 Å². The zero-order valence-electron chi connectivity index (χ0n) is 10.4. The number of hydrogen-bond acceptors (Lipinski definition) is 2. The molecule has 1 heterocycles. The summed E-state index contributed by atoms with van der Waals surface area (Å²) in [5.74, 6) is 0. The largest absolute Gasteiger partial charge is 0.337 e. The Morgan fingerprint density at radius 3 is 2.59 bits per heavy atom. The van der Waals surface area contributed by atoms with Gasteiger partial charge in [-0.25, -0.2) is 4.79 Å². The van der Waals surface area contributed by atoms with Crippen LogP contribution in [-0.2, 0) is 12.0 Å². The molecule has 17 heavy (non-hydrogen) atoms. The summed E-state index contributed by atoms with van der Waals surface area (Å²) in [5.41, 5.74) is 7.92. The molecule has 1 atom stereocenters. The van der Waals surface area contributed by atoms with Crippen LogP contribution in [0.4, 0.5) is 4.79 Å².